The zero-order valence-corrected chi connectivity index (χ0v) is 11.4. The first-order valence-corrected chi connectivity index (χ1v) is 5.77. The number of aromatic nitrogens is 4. The van der Waals surface area contributed by atoms with Crippen LogP contribution in [0.15, 0.2) is 12.4 Å². The van der Waals surface area contributed by atoms with E-state index in [1.807, 2.05) is 0 Å². The molecule has 0 aliphatic carbocycles. The molecular weight excluding hydrogens is 270 g/mol. The minimum Gasteiger partial charge on any atom is -0.465 e. The molecule has 0 fully saturated rings. The van der Waals surface area contributed by atoms with E-state index in [1.54, 1.807) is 31.0 Å². The van der Waals surface area contributed by atoms with Crippen LogP contribution in [0.2, 0.25) is 5.28 Å². The normalized spacial score (nSPS) is 10.3. The highest BCUT2D eigenvalue weighted by Gasteiger charge is 2.19. The van der Waals surface area contributed by atoms with E-state index >= 15 is 0 Å². The van der Waals surface area contributed by atoms with Gasteiger partial charge in [0.2, 0.25) is 5.28 Å². The molecule has 0 aliphatic rings. The van der Waals surface area contributed by atoms with Crippen molar-refractivity contribution in [2.45, 2.75) is 6.92 Å². The van der Waals surface area contributed by atoms with E-state index in [1.165, 1.54) is 7.11 Å². The SMILES string of the molecule is COC(=O)c1c(C)nc(Cl)nc1Nc1cnn(C)c1. The average molecular weight is 282 g/mol. The first-order chi connectivity index (χ1) is 9.01. The monoisotopic (exact) mass is 281 g/mol. The molecule has 2 rings (SSSR count). The topological polar surface area (TPSA) is 81.9 Å². The summed E-state index contributed by atoms with van der Waals surface area (Å²) in [4.78, 5) is 19.7. The summed E-state index contributed by atoms with van der Waals surface area (Å²) in [5, 5.41) is 7.04. The Morgan fingerprint density at radius 2 is 2.21 bits per heavy atom. The zero-order valence-electron chi connectivity index (χ0n) is 10.6. The fraction of sp³-hybridized carbons (Fsp3) is 0.273. The van der Waals surface area contributed by atoms with E-state index in [2.05, 4.69) is 20.4 Å². The minimum absolute atomic E-state index is 0.0524. The lowest BCUT2D eigenvalue weighted by Crippen LogP contribution is -2.11. The standard InChI is InChI=1S/C11H12ClN5O2/c1-6-8(10(18)19-3)9(16-11(12)14-6)15-7-4-13-17(2)5-7/h4-5H,1-3H3,(H,14,15,16). The Morgan fingerprint density at radius 1 is 1.47 bits per heavy atom. The van der Waals surface area contributed by atoms with Crippen molar-refractivity contribution in [3.8, 4) is 0 Å². The van der Waals surface area contributed by atoms with Crippen LogP contribution in [0.1, 0.15) is 16.1 Å². The molecule has 8 heteroatoms. The van der Waals surface area contributed by atoms with Gasteiger partial charge in [0.15, 0.2) is 0 Å². The van der Waals surface area contributed by atoms with Gasteiger partial charge in [0.1, 0.15) is 11.4 Å². The Bertz CT molecular complexity index is 626. The second-order valence-electron chi connectivity index (χ2n) is 3.82. The van der Waals surface area contributed by atoms with Crippen LogP contribution in [0.25, 0.3) is 0 Å². The molecule has 7 nitrogen and oxygen atoms in total. The average Bonchev–Trinajstić information content (AvgIpc) is 2.73. The predicted molar refractivity (Wildman–Crippen MR) is 69.6 cm³/mol. The third-order valence-electron chi connectivity index (χ3n) is 2.42. The fourth-order valence-corrected chi connectivity index (χ4v) is 1.81. The number of esters is 1. The van der Waals surface area contributed by atoms with Gasteiger partial charge in [0, 0.05) is 13.2 Å². The minimum atomic E-state index is -0.527. The van der Waals surface area contributed by atoms with Gasteiger partial charge in [-0.25, -0.2) is 9.78 Å². The summed E-state index contributed by atoms with van der Waals surface area (Å²) >= 11 is 5.81. The first-order valence-electron chi connectivity index (χ1n) is 5.39. The lowest BCUT2D eigenvalue weighted by molar-refractivity contribution is 0.0600. The number of rotatable bonds is 3. The van der Waals surface area contributed by atoms with Crippen molar-refractivity contribution in [3.05, 3.63) is 28.9 Å². The van der Waals surface area contributed by atoms with Gasteiger partial charge in [-0.2, -0.15) is 10.1 Å². The lowest BCUT2D eigenvalue weighted by atomic mass is 10.2. The Balaban J connectivity index is 2.45. The first kappa shape index (κ1) is 13.3. The van der Waals surface area contributed by atoms with Crippen LogP contribution >= 0.6 is 11.6 Å². The van der Waals surface area contributed by atoms with Crippen LogP contribution in [-0.2, 0) is 11.8 Å². The van der Waals surface area contributed by atoms with Crippen LogP contribution < -0.4 is 5.32 Å². The van der Waals surface area contributed by atoms with Crippen molar-refractivity contribution in [1.82, 2.24) is 19.7 Å². The van der Waals surface area contributed by atoms with Crippen molar-refractivity contribution in [2.75, 3.05) is 12.4 Å². The summed E-state index contributed by atoms with van der Waals surface area (Å²) in [5.41, 5.74) is 1.37. The van der Waals surface area contributed by atoms with Crippen LogP contribution in [0, 0.1) is 6.92 Å². The molecule has 0 aromatic carbocycles. The molecule has 0 saturated carbocycles. The van der Waals surface area contributed by atoms with E-state index in [-0.39, 0.29) is 16.7 Å². The highest BCUT2D eigenvalue weighted by Crippen LogP contribution is 2.22. The third kappa shape index (κ3) is 2.82. The number of methoxy groups -OCH3 is 1. The Hall–Kier alpha value is -2.15. The number of anilines is 2. The van der Waals surface area contributed by atoms with Gasteiger partial charge in [-0.15, -0.1) is 0 Å². The number of aryl methyl sites for hydroxylation is 2. The number of halogens is 1. The second-order valence-corrected chi connectivity index (χ2v) is 4.16. The number of hydrogen-bond acceptors (Lipinski definition) is 6. The summed E-state index contributed by atoms with van der Waals surface area (Å²) in [5.74, 6) is -0.238. The maximum Gasteiger partial charge on any atom is 0.343 e. The van der Waals surface area contributed by atoms with Crippen LogP contribution in [0.5, 0.6) is 0 Å². The van der Waals surface area contributed by atoms with E-state index in [0.717, 1.165) is 0 Å². The highest BCUT2D eigenvalue weighted by molar-refractivity contribution is 6.28. The summed E-state index contributed by atoms with van der Waals surface area (Å²) in [6.45, 7) is 1.66. The van der Waals surface area contributed by atoms with Crippen molar-refractivity contribution in [1.29, 1.82) is 0 Å². The molecule has 0 radical (unpaired) electrons. The molecule has 0 saturated heterocycles. The van der Waals surface area contributed by atoms with Gasteiger partial charge in [0.05, 0.1) is 24.7 Å². The van der Waals surface area contributed by atoms with Gasteiger partial charge in [-0.05, 0) is 18.5 Å². The third-order valence-corrected chi connectivity index (χ3v) is 2.59. The number of nitrogens with one attached hydrogen (secondary N) is 1. The van der Waals surface area contributed by atoms with Gasteiger partial charge in [0.25, 0.3) is 0 Å². The molecule has 0 amide bonds. The maximum absolute atomic E-state index is 11.8. The van der Waals surface area contributed by atoms with Crippen molar-refractivity contribution < 1.29 is 9.53 Å². The molecule has 19 heavy (non-hydrogen) atoms. The van der Waals surface area contributed by atoms with E-state index < -0.39 is 5.97 Å². The van der Waals surface area contributed by atoms with Crippen LogP contribution in [-0.4, -0.2) is 32.8 Å². The summed E-state index contributed by atoms with van der Waals surface area (Å²) in [6.07, 6.45) is 3.35. The van der Waals surface area contributed by atoms with Gasteiger partial charge in [-0.3, -0.25) is 4.68 Å². The van der Waals surface area contributed by atoms with Crippen LogP contribution in [0.4, 0.5) is 11.5 Å². The quantitative estimate of drug-likeness (QED) is 0.681. The van der Waals surface area contributed by atoms with Crippen molar-refractivity contribution >= 4 is 29.1 Å². The van der Waals surface area contributed by atoms with Gasteiger partial charge < -0.3 is 10.1 Å². The van der Waals surface area contributed by atoms with Gasteiger partial charge in [-0.1, -0.05) is 0 Å². The van der Waals surface area contributed by atoms with E-state index in [9.17, 15) is 4.79 Å². The van der Waals surface area contributed by atoms with Gasteiger partial charge >= 0.3 is 5.97 Å². The molecule has 0 atom stereocenters. The lowest BCUT2D eigenvalue weighted by Gasteiger charge is -2.10. The van der Waals surface area contributed by atoms with E-state index in [0.29, 0.717) is 11.4 Å². The molecule has 1 N–H and O–H groups in total. The molecule has 100 valence electrons. The maximum atomic E-state index is 11.8. The van der Waals surface area contributed by atoms with Crippen molar-refractivity contribution in [3.63, 3.8) is 0 Å². The molecule has 0 bridgehead atoms. The predicted octanol–water partition coefficient (Wildman–Crippen LogP) is 1.70. The second kappa shape index (κ2) is 5.23. The highest BCUT2D eigenvalue weighted by atomic mass is 35.5. The molecule has 0 unspecified atom stereocenters. The van der Waals surface area contributed by atoms with Crippen LogP contribution in [0.3, 0.4) is 0 Å². The Labute approximate surface area is 114 Å². The molecular formula is C11H12ClN5O2. The number of hydrogen-bond donors (Lipinski definition) is 1. The number of ether oxygens (including phenoxy) is 1. The molecule has 2 aromatic heterocycles. The largest absolute Gasteiger partial charge is 0.465 e. The van der Waals surface area contributed by atoms with E-state index in [4.69, 9.17) is 16.3 Å². The Morgan fingerprint density at radius 3 is 2.79 bits per heavy atom. The molecule has 2 heterocycles. The summed E-state index contributed by atoms with van der Waals surface area (Å²) < 4.78 is 6.34. The molecule has 0 spiro atoms. The number of carbonyl (C=O) groups is 1. The molecule has 0 aliphatic heterocycles. The zero-order chi connectivity index (χ0) is 14.0. The number of nitrogens with zero attached hydrogens (tertiary/aromatic N) is 4. The summed E-state index contributed by atoms with van der Waals surface area (Å²) in [6, 6.07) is 0. The smallest absolute Gasteiger partial charge is 0.343 e. The Kier molecular flexibility index (Phi) is 3.66. The summed E-state index contributed by atoms with van der Waals surface area (Å²) in [7, 11) is 3.08. The molecule has 2 aromatic rings. The number of carbonyl (C=O) groups excluding carboxylic acids is 1. The van der Waals surface area contributed by atoms with Crippen molar-refractivity contribution in [2.24, 2.45) is 7.05 Å². The fourth-order valence-electron chi connectivity index (χ4n) is 1.60.